The first-order valence-corrected chi connectivity index (χ1v) is 7.43. The summed E-state index contributed by atoms with van der Waals surface area (Å²) in [6.07, 6.45) is 2.88. The highest BCUT2D eigenvalue weighted by Gasteiger charge is 2.11. The van der Waals surface area contributed by atoms with Gasteiger partial charge in [0.05, 0.1) is 12.8 Å². The fourth-order valence-electron chi connectivity index (χ4n) is 2.37. The molecule has 120 valence electrons. The molecule has 1 aromatic carbocycles. The lowest BCUT2D eigenvalue weighted by Gasteiger charge is -2.00. The fraction of sp³-hybridized carbons (Fsp3) is 0.312. The Labute approximate surface area is 134 Å². The van der Waals surface area contributed by atoms with Crippen molar-refractivity contribution in [1.29, 1.82) is 0 Å². The first kappa shape index (κ1) is 15.1. The molecule has 3 rings (SSSR count). The molecule has 0 aliphatic rings. The van der Waals surface area contributed by atoms with Crippen LogP contribution in [0.1, 0.15) is 18.2 Å². The van der Waals surface area contributed by atoms with Crippen molar-refractivity contribution in [2.45, 2.75) is 19.9 Å². The molecule has 0 aliphatic heterocycles. The van der Waals surface area contributed by atoms with Gasteiger partial charge in [0.1, 0.15) is 5.75 Å². The molecule has 1 N–H and O–H groups in total. The Hall–Kier alpha value is -2.83. The van der Waals surface area contributed by atoms with E-state index in [9.17, 15) is 0 Å². The van der Waals surface area contributed by atoms with Gasteiger partial charge in [-0.3, -0.25) is 4.68 Å². The first-order chi connectivity index (χ1) is 11.2. The van der Waals surface area contributed by atoms with Gasteiger partial charge in [-0.05, 0) is 18.6 Å². The van der Waals surface area contributed by atoms with Crippen molar-refractivity contribution >= 4 is 6.01 Å². The summed E-state index contributed by atoms with van der Waals surface area (Å²) in [5.74, 6) is 1.28. The molecule has 0 spiro atoms. The van der Waals surface area contributed by atoms with Crippen LogP contribution in [0.4, 0.5) is 6.01 Å². The molecule has 2 aromatic heterocycles. The molecule has 0 saturated heterocycles. The lowest BCUT2D eigenvalue weighted by atomic mass is 10.2. The average Bonchev–Trinajstić information content (AvgIpc) is 3.19. The van der Waals surface area contributed by atoms with Gasteiger partial charge in [-0.1, -0.05) is 24.2 Å². The Balaban J connectivity index is 1.72. The maximum Gasteiger partial charge on any atom is 0.322 e. The van der Waals surface area contributed by atoms with E-state index in [1.54, 1.807) is 7.11 Å². The van der Waals surface area contributed by atoms with E-state index < -0.39 is 0 Å². The fourth-order valence-corrected chi connectivity index (χ4v) is 2.37. The Morgan fingerprint density at radius 3 is 3.00 bits per heavy atom. The van der Waals surface area contributed by atoms with Crippen molar-refractivity contribution in [1.82, 2.24) is 19.9 Å². The number of aromatic nitrogens is 4. The Bertz CT molecular complexity index is 793. The number of hydrogen-bond donors (Lipinski definition) is 1. The van der Waals surface area contributed by atoms with Crippen LogP contribution in [0.25, 0.3) is 11.4 Å². The third-order valence-corrected chi connectivity index (χ3v) is 3.51. The molecule has 2 heterocycles. The van der Waals surface area contributed by atoms with Crippen LogP contribution in [-0.2, 0) is 20.0 Å². The van der Waals surface area contributed by atoms with Crippen LogP contribution in [0.15, 0.2) is 35.0 Å². The molecule has 7 heteroatoms. The highest BCUT2D eigenvalue weighted by molar-refractivity contribution is 5.57. The van der Waals surface area contributed by atoms with Gasteiger partial charge in [0.2, 0.25) is 5.82 Å². The summed E-state index contributed by atoms with van der Waals surface area (Å²) in [6.45, 7) is 2.68. The molecule has 3 aromatic rings. The second-order valence-electron chi connectivity index (χ2n) is 5.14. The number of benzene rings is 1. The summed E-state index contributed by atoms with van der Waals surface area (Å²) >= 11 is 0. The summed E-state index contributed by atoms with van der Waals surface area (Å²) in [6, 6.07) is 7.92. The molecular formula is C16H19N5O2. The van der Waals surface area contributed by atoms with Gasteiger partial charge in [0.25, 0.3) is 0 Å². The molecular weight excluding hydrogens is 294 g/mol. The van der Waals surface area contributed by atoms with E-state index in [0.717, 1.165) is 29.0 Å². The Kier molecular flexibility index (Phi) is 4.27. The lowest BCUT2D eigenvalue weighted by molar-refractivity contribution is 0.414. The van der Waals surface area contributed by atoms with E-state index in [2.05, 4.69) is 27.5 Å². The van der Waals surface area contributed by atoms with Gasteiger partial charge >= 0.3 is 6.01 Å². The van der Waals surface area contributed by atoms with E-state index in [-0.39, 0.29) is 0 Å². The lowest BCUT2D eigenvalue weighted by Crippen LogP contribution is -2.01. The van der Waals surface area contributed by atoms with Gasteiger partial charge in [0, 0.05) is 30.9 Å². The molecule has 0 radical (unpaired) electrons. The summed E-state index contributed by atoms with van der Waals surface area (Å²) < 4.78 is 12.3. The number of methoxy groups -OCH3 is 1. The third kappa shape index (κ3) is 3.33. The standard InChI is InChI=1S/C16H19N5O2/c1-4-14-12(10-21(2)19-14)9-17-16-18-15(20-23-16)11-6-5-7-13(8-11)22-3/h5-8,10H,4,9H2,1-3H3,(H,17,18,20). The van der Waals surface area contributed by atoms with Crippen LogP contribution in [0.3, 0.4) is 0 Å². The second-order valence-corrected chi connectivity index (χ2v) is 5.14. The van der Waals surface area contributed by atoms with Crippen molar-refractivity contribution in [3.63, 3.8) is 0 Å². The normalized spacial score (nSPS) is 10.7. The largest absolute Gasteiger partial charge is 0.497 e. The van der Waals surface area contributed by atoms with Crippen LogP contribution >= 0.6 is 0 Å². The molecule has 0 unspecified atom stereocenters. The third-order valence-electron chi connectivity index (χ3n) is 3.51. The van der Waals surface area contributed by atoms with Gasteiger partial charge < -0.3 is 14.6 Å². The first-order valence-electron chi connectivity index (χ1n) is 7.43. The molecule has 0 aliphatic carbocycles. The summed E-state index contributed by atoms with van der Waals surface area (Å²) in [4.78, 5) is 4.36. The predicted octanol–water partition coefficient (Wildman–Crippen LogP) is 2.65. The minimum atomic E-state index is 0.383. The molecule has 7 nitrogen and oxygen atoms in total. The minimum Gasteiger partial charge on any atom is -0.497 e. The predicted molar refractivity (Wildman–Crippen MR) is 86.2 cm³/mol. The topological polar surface area (TPSA) is 78.0 Å². The second kappa shape index (κ2) is 6.51. The Morgan fingerprint density at radius 2 is 2.22 bits per heavy atom. The number of hydrogen-bond acceptors (Lipinski definition) is 6. The zero-order chi connectivity index (χ0) is 16.2. The maximum absolute atomic E-state index is 5.25. The SMILES string of the molecule is CCc1nn(C)cc1CNc1nc(-c2cccc(OC)c2)no1. The van der Waals surface area contributed by atoms with Crippen LogP contribution in [0, 0.1) is 0 Å². The Morgan fingerprint density at radius 1 is 1.35 bits per heavy atom. The average molecular weight is 313 g/mol. The van der Waals surface area contributed by atoms with Crippen molar-refractivity contribution in [2.75, 3.05) is 12.4 Å². The molecule has 0 atom stereocenters. The van der Waals surface area contributed by atoms with Crippen molar-refractivity contribution in [2.24, 2.45) is 7.05 Å². The number of nitrogens with zero attached hydrogens (tertiary/aromatic N) is 4. The molecule has 23 heavy (non-hydrogen) atoms. The van der Waals surface area contributed by atoms with Gasteiger partial charge in [0.15, 0.2) is 0 Å². The number of anilines is 1. The van der Waals surface area contributed by atoms with Crippen molar-refractivity contribution < 1.29 is 9.26 Å². The number of ether oxygens (including phenoxy) is 1. The van der Waals surface area contributed by atoms with E-state index in [1.165, 1.54) is 0 Å². The van der Waals surface area contributed by atoms with E-state index >= 15 is 0 Å². The highest BCUT2D eigenvalue weighted by Crippen LogP contribution is 2.22. The number of nitrogens with one attached hydrogen (secondary N) is 1. The summed E-state index contributed by atoms with van der Waals surface area (Å²) in [5, 5.41) is 11.5. The smallest absolute Gasteiger partial charge is 0.322 e. The minimum absolute atomic E-state index is 0.383. The van der Waals surface area contributed by atoms with Crippen LogP contribution in [0.2, 0.25) is 0 Å². The molecule has 0 bridgehead atoms. The van der Waals surface area contributed by atoms with Gasteiger partial charge in [-0.25, -0.2) is 0 Å². The monoisotopic (exact) mass is 313 g/mol. The van der Waals surface area contributed by atoms with E-state index in [0.29, 0.717) is 18.4 Å². The zero-order valence-corrected chi connectivity index (χ0v) is 13.4. The summed E-state index contributed by atoms with van der Waals surface area (Å²) in [7, 11) is 3.54. The van der Waals surface area contributed by atoms with Gasteiger partial charge in [-0.15, -0.1) is 0 Å². The quantitative estimate of drug-likeness (QED) is 0.754. The highest BCUT2D eigenvalue weighted by atomic mass is 16.5. The zero-order valence-electron chi connectivity index (χ0n) is 13.4. The number of rotatable bonds is 6. The van der Waals surface area contributed by atoms with Crippen molar-refractivity contribution in [3.05, 3.63) is 41.7 Å². The van der Waals surface area contributed by atoms with Crippen LogP contribution in [0.5, 0.6) is 5.75 Å². The molecule has 0 amide bonds. The van der Waals surface area contributed by atoms with Crippen LogP contribution < -0.4 is 10.1 Å². The summed E-state index contributed by atoms with van der Waals surface area (Å²) in [5.41, 5.74) is 3.03. The van der Waals surface area contributed by atoms with Crippen LogP contribution in [-0.4, -0.2) is 27.0 Å². The van der Waals surface area contributed by atoms with Crippen molar-refractivity contribution in [3.8, 4) is 17.1 Å². The van der Waals surface area contributed by atoms with Gasteiger partial charge in [-0.2, -0.15) is 10.1 Å². The number of aryl methyl sites for hydroxylation is 2. The maximum atomic E-state index is 5.25. The molecule has 0 saturated carbocycles. The van der Waals surface area contributed by atoms with E-state index in [1.807, 2.05) is 42.2 Å². The van der Waals surface area contributed by atoms with E-state index in [4.69, 9.17) is 9.26 Å². The molecule has 0 fully saturated rings.